The molecule has 2 aromatic heterocycles. The number of hydrogen-bond acceptors (Lipinski definition) is 4. The van der Waals surface area contributed by atoms with E-state index < -0.39 is 0 Å². The van der Waals surface area contributed by atoms with E-state index in [4.69, 9.17) is 9.97 Å². The van der Waals surface area contributed by atoms with Crippen LogP contribution in [0, 0.1) is 0 Å². The van der Waals surface area contributed by atoms with Gasteiger partial charge in [-0.3, -0.25) is 0 Å². The third-order valence-electron chi connectivity index (χ3n) is 9.26. The molecule has 0 amide bonds. The summed E-state index contributed by atoms with van der Waals surface area (Å²) in [6.45, 7) is 0. The van der Waals surface area contributed by atoms with Crippen LogP contribution in [-0.4, -0.2) is 14.5 Å². The van der Waals surface area contributed by atoms with Crippen LogP contribution in [0.1, 0.15) is 0 Å². The van der Waals surface area contributed by atoms with Crippen LogP contribution in [0.5, 0.6) is 0 Å². The number of hydrogen-bond donors (Lipinski definition) is 0. The van der Waals surface area contributed by atoms with Crippen LogP contribution < -0.4 is 0 Å². The normalized spacial score (nSPS) is 12.3. The molecular formula is C44H27N3S2. The second kappa shape index (κ2) is 11.5. The average molecular weight is 662 g/mol. The first kappa shape index (κ1) is 28.4. The summed E-state index contributed by atoms with van der Waals surface area (Å²) < 4.78 is 2.46. The highest BCUT2D eigenvalue weighted by Gasteiger charge is 2.27. The Morgan fingerprint density at radius 1 is 0.429 bits per heavy atom. The number of fused-ring (bicyclic) bond motifs is 9. The minimum atomic E-state index is 0.719. The van der Waals surface area contributed by atoms with Gasteiger partial charge in [-0.15, -0.1) is 0 Å². The third kappa shape index (κ3) is 4.69. The fourth-order valence-corrected chi connectivity index (χ4v) is 9.55. The molecule has 0 spiro atoms. The maximum absolute atomic E-state index is 5.08. The summed E-state index contributed by atoms with van der Waals surface area (Å²) in [6, 6.07) is 58.0. The Hall–Kier alpha value is -5.62. The second-order valence-corrected chi connectivity index (χ2v) is 14.3. The molecule has 0 aliphatic carbocycles. The molecule has 7 aromatic carbocycles. The molecular weight excluding hydrogens is 635 g/mol. The van der Waals surface area contributed by atoms with Gasteiger partial charge in [0.05, 0.1) is 27.3 Å². The lowest BCUT2D eigenvalue weighted by Gasteiger charge is -2.22. The third-order valence-corrected chi connectivity index (χ3v) is 11.9. The van der Waals surface area contributed by atoms with E-state index in [1.807, 2.05) is 47.8 Å². The maximum atomic E-state index is 5.08. The monoisotopic (exact) mass is 661 g/mol. The Kier molecular flexibility index (Phi) is 6.67. The van der Waals surface area contributed by atoms with Gasteiger partial charge in [-0.2, -0.15) is 0 Å². The molecule has 1 aliphatic rings. The van der Waals surface area contributed by atoms with E-state index in [1.54, 1.807) is 0 Å². The van der Waals surface area contributed by atoms with Gasteiger partial charge < -0.3 is 4.57 Å². The van der Waals surface area contributed by atoms with Gasteiger partial charge in [-0.05, 0) is 47.2 Å². The van der Waals surface area contributed by atoms with E-state index in [1.165, 1.54) is 52.2 Å². The van der Waals surface area contributed by atoms with E-state index >= 15 is 0 Å². The van der Waals surface area contributed by atoms with E-state index in [9.17, 15) is 0 Å². The van der Waals surface area contributed by atoms with E-state index in [0.717, 1.165) is 39.6 Å². The number of para-hydroxylation sites is 1. The molecule has 3 nitrogen and oxygen atoms in total. The molecule has 230 valence electrons. The predicted molar refractivity (Wildman–Crippen MR) is 205 cm³/mol. The quantitative estimate of drug-likeness (QED) is 0.188. The van der Waals surface area contributed by atoms with Crippen molar-refractivity contribution >= 4 is 56.1 Å². The number of rotatable bonds is 4. The van der Waals surface area contributed by atoms with Crippen molar-refractivity contribution in [1.29, 1.82) is 0 Å². The van der Waals surface area contributed by atoms with Gasteiger partial charge in [0.2, 0.25) is 0 Å². The van der Waals surface area contributed by atoms with Crippen LogP contribution in [0.25, 0.3) is 72.2 Å². The van der Waals surface area contributed by atoms with E-state index in [0.29, 0.717) is 0 Å². The molecule has 0 fully saturated rings. The van der Waals surface area contributed by atoms with Crippen molar-refractivity contribution in [2.45, 2.75) is 19.6 Å². The topological polar surface area (TPSA) is 30.7 Å². The summed E-state index contributed by atoms with van der Waals surface area (Å²) in [6.07, 6.45) is 0. The molecule has 5 heteroatoms. The molecule has 0 radical (unpaired) electrons. The van der Waals surface area contributed by atoms with Gasteiger partial charge in [0.25, 0.3) is 0 Å². The number of benzene rings is 7. The van der Waals surface area contributed by atoms with Crippen molar-refractivity contribution in [2.24, 2.45) is 0 Å². The molecule has 0 saturated carbocycles. The number of nitrogens with zero attached hydrogens (tertiary/aromatic N) is 3. The SMILES string of the molecule is c1ccc(-c2cc(-c3ccc(-n4c5ccccc5c5c6ccccc6c6c(c54)Sc4ccccc4S6)cc3)nc(-c3ccccc3)n2)cc1. The van der Waals surface area contributed by atoms with Crippen molar-refractivity contribution in [3.63, 3.8) is 0 Å². The molecule has 0 atom stereocenters. The summed E-state index contributed by atoms with van der Waals surface area (Å²) in [5, 5.41) is 5.17. The fraction of sp³-hybridized carbons (Fsp3) is 0. The van der Waals surface area contributed by atoms with Crippen molar-refractivity contribution in [2.75, 3.05) is 0 Å². The molecule has 0 N–H and O–H groups in total. The lowest BCUT2D eigenvalue weighted by molar-refractivity contribution is 1.12. The molecule has 9 aromatic rings. The zero-order chi connectivity index (χ0) is 32.3. The van der Waals surface area contributed by atoms with Crippen LogP contribution in [0.4, 0.5) is 0 Å². The Morgan fingerprint density at radius 3 is 1.65 bits per heavy atom. The summed E-state index contributed by atoms with van der Waals surface area (Å²) >= 11 is 3.78. The summed E-state index contributed by atoms with van der Waals surface area (Å²) in [5.74, 6) is 0.719. The van der Waals surface area contributed by atoms with E-state index in [2.05, 4.69) is 144 Å². The molecule has 0 saturated heterocycles. The standard InChI is InChI=1S/C44H27N3S2/c1-3-13-28(14-4-1)35-27-36(46-44(45-35)30-15-5-2-6-16-30)29-23-25-31(26-24-29)47-37-20-10-9-19-34(37)40-32-17-7-8-18-33(32)42-43(41(40)47)49-39-22-12-11-21-38(39)48-42/h1-27H. The second-order valence-electron chi connectivity index (χ2n) is 12.2. The molecule has 0 unspecified atom stereocenters. The van der Waals surface area contributed by atoms with Gasteiger partial charge in [0.15, 0.2) is 5.82 Å². The number of aromatic nitrogens is 3. The van der Waals surface area contributed by atoms with Crippen molar-refractivity contribution in [3.8, 4) is 39.6 Å². The van der Waals surface area contributed by atoms with Gasteiger partial charge in [0.1, 0.15) is 0 Å². The van der Waals surface area contributed by atoms with Gasteiger partial charge in [0, 0.05) is 47.8 Å². The van der Waals surface area contributed by atoms with Crippen LogP contribution >= 0.6 is 23.5 Å². The van der Waals surface area contributed by atoms with Crippen molar-refractivity contribution in [3.05, 3.63) is 164 Å². The molecule has 1 aliphatic heterocycles. The molecule has 3 heterocycles. The predicted octanol–water partition coefficient (Wildman–Crippen LogP) is 12.3. The van der Waals surface area contributed by atoms with Gasteiger partial charge in [-0.25, -0.2) is 9.97 Å². The Morgan fingerprint density at radius 2 is 0.959 bits per heavy atom. The Bertz CT molecular complexity index is 2640. The average Bonchev–Trinajstić information content (AvgIpc) is 3.53. The zero-order valence-corrected chi connectivity index (χ0v) is 27.9. The summed E-state index contributed by atoms with van der Waals surface area (Å²) in [7, 11) is 0. The van der Waals surface area contributed by atoms with E-state index in [-0.39, 0.29) is 0 Å². The smallest absolute Gasteiger partial charge is 0.160 e. The maximum Gasteiger partial charge on any atom is 0.160 e. The lowest BCUT2D eigenvalue weighted by Crippen LogP contribution is -1.99. The van der Waals surface area contributed by atoms with Crippen LogP contribution in [0.3, 0.4) is 0 Å². The first-order chi connectivity index (χ1) is 24.3. The molecule has 49 heavy (non-hydrogen) atoms. The minimum absolute atomic E-state index is 0.719. The van der Waals surface area contributed by atoms with Crippen LogP contribution in [-0.2, 0) is 0 Å². The fourth-order valence-electron chi connectivity index (χ4n) is 7.01. The highest BCUT2D eigenvalue weighted by molar-refractivity contribution is 8.05. The summed E-state index contributed by atoms with van der Waals surface area (Å²) in [4.78, 5) is 15.3. The first-order valence-corrected chi connectivity index (χ1v) is 18.0. The largest absolute Gasteiger partial charge is 0.308 e. The van der Waals surface area contributed by atoms with Gasteiger partial charge >= 0.3 is 0 Å². The van der Waals surface area contributed by atoms with Gasteiger partial charge in [-0.1, -0.05) is 151 Å². The summed E-state index contributed by atoms with van der Waals surface area (Å²) in [5.41, 5.74) is 8.50. The molecule has 0 bridgehead atoms. The minimum Gasteiger partial charge on any atom is -0.308 e. The van der Waals surface area contributed by atoms with Crippen LogP contribution in [0.2, 0.25) is 0 Å². The highest BCUT2D eigenvalue weighted by atomic mass is 32.2. The van der Waals surface area contributed by atoms with Crippen LogP contribution in [0.15, 0.2) is 183 Å². The van der Waals surface area contributed by atoms with Crippen molar-refractivity contribution in [1.82, 2.24) is 14.5 Å². The lowest BCUT2D eigenvalue weighted by atomic mass is 10.0. The Balaban J connectivity index is 1.18. The van der Waals surface area contributed by atoms with Crippen molar-refractivity contribution < 1.29 is 0 Å². The molecule has 10 rings (SSSR count). The highest BCUT2D eigenvalue weighted by Crippen LogP contribution is 2.55. The Labute approximate surface area is 292 Å². The first-order valence-electron chi connectivity index (χ1n) is 16.3. The zero-order valence-electron chi connectivity index (χ0n) is 26.2.